The van der Waals surface area contributed by atoms with Crippen LogP contribution < -0.4 is 10.6 Å². The van der Waals surface area contributed by atoms with Gasteiger partial charge in [-0.3, -0.25) is 0 Å². The van der Waals surface area contributed by atoms with E-state index in [1.165, 1.54) is 12.5 Å². The van der Waals surface area contributed by atoms with E-state index in [9.17, 15) is 12.8 Å². The Morgan fingerprint density at radius 3 is 2.34 bits per heavy atom. The van der Waals surface area contributed by atoms with E-state index in [4.69, 9.17) is 4.74 Å². The molecule has 1 aliphatic carbocycles. The Labute approximate surface area is 170 Å². The number of halogens is 1. The van der Waals surface area contributed by atoms with Crippen molar-refractivity contribution >= 4 is 34.2 Å². The number of aliphatic imine (C=N–C) groups is 4. The van der Waals surface area contributed by atoms with E-state index < -0.39 is 16.0 Å². The standard InChI is InChI=1S/C18H27FN6O3S/c1-29(26,27)16-4-2-13(3-5-16)12-28-15-10-24-18(25-11-15)21-7-6-20-17-22-8-14(19)9-23-17/h2,8,10,14-16H,3-7,9,11-12H2,1H3,(H,20,23)(H,21,25). The van der Waals surface area contributed by atoms with Crippen molar-refractivity contribution in [1.82, 2.24) is 10.6 Å². The molecule has 160 valence electrons. The maximum Gasteiger partial charge on any atom is 0.217 e. The van der Waals surface area contributed by atoms with Crippen LogP contribution in [0.4, 0.5) is 4.39 Å². The molecule has 0 amide bonds. The van der Waals surface area contributed by atoms with Gasteiger partial charge in [-0.2, -0.15) is 0 Å². The summed E-state index contributed by atoms with van der Waals surface area (Å²) in [4.78, 5) is 16.5. The van der Waals surface area contributed by atoms with Crippen LogP contribution >= 0.6 is 0 Å². The predicted octanol–water partition coefficient (Wildman–Crippen LogP) is 0.293. The number of hydrogen-bond donors (Lipinski definition) is 2. The van der Waals surface area contributed by atoms with Gasteiger partial charge in [0.05, 0.1) is 24.9 Å². The molecule has 0 aromatic rings. The fourth-order valence-corrected chi connectivity index (χ4v) is 4.07. The van der Waals surface area contributed by atoms with Crippen LogP contribution in [-0.4, -0.2) is 89.3 Å². The van der Waals surface area contributed by atoms with E-state index >= 15 is 0 Å². The summed E-state index contributed by atoms with van der Waals surface area (Å²) < 4.78 is 41.9. The van der Waals surface area contributed by atoms with E-state index in [-0.39, 0.29) is 17.9 Å². The molecule has 0 aromatic heterocycles. The molecule has 0 bridgehead atoms. The maximum absolute atomic E-state index is 12.9. The Bertz CT molecular complexity index is 837. The van der Waals surface area contributed by atoms with Gasteiger partial charge in [-0.05, 0) is 24.8 Å². The molecule has 3 rings (SSSR count). The van der Waals surface area contributed by atoms with Gasteiger partial charge in [0.15, 0.2) is 16.0 Å². The van der Waals surface area contributed by atoms with Crippen LogP contribution in [0, 0.1) is 0 Å². The van der Waals surface area contributed by atoms with Crippen LogP contribution in [0.1, 0.15) is 19.3 Å². The SMILES string of the molecule is CS(=O)(=O)C1CC=C(COC2C=NC(NCCNC3=NCC(F)C=N3)=NC2)CC1. The Hall–Kier alpha value is -2.14. The van der Waals surface area contributed by atoms with Crippen molar-refractivity contribution < 1.29 is 17.5 Å². The summed E-state index contributed by atoms with van der Waals surface area (Å²) in [7, 11) is -2.97. The first-order valence-electron chi connectivity index (χ1n) is 9.67. The third-order valence-corrected chi connectivity index (χ3v) is 6.43. The highest BCUT2D eigenvalue weighted by Gasteiger charge is 2.23. The minimum atomic E-state index is -2.97. The van der Waals surface area contributed by atoms with Crippen molar-refractivity contribution in [1.29, 1.82) is 0 Å². The zero-order valence-electron chi connectivity index (χ0n) is 16.4. The molecular weight excluding hydrogens is 399 g/mol. The summed E-state index contributed by atoms with van der Waals surface area (Å²) in [5.74, 6) is 0.973. The lowest BCUT2D eigenvalue weighted by molar-refractivity contribution is 0.123. The van der Waals surface area contributed by atoms with Gasteiger partial charge in [-0.1, -0.05) is 6.08 Å². The van der Waals surface area contributed by atoms with Gasteiger partial charge >= 0.3 is 0 Å². The zero-order valence-corrected chi connectivity index (χ0v) is 17.2. The predicted molar refractivity (Wildman–Crippen MR) is 113 cm³/mol. The minimum Gasteiger partial charge on any atom is -0.366 e. The van der Waals surface area contributed by atoms with Crippen molar-refractivity contribution in [3.8, 4) is 0 Å². The normalized spacial score (nSPS) is 27.1. The van der Waals surface area contributed by atoms with E-state index in [1.807, 2.05) is 6.08 Å². The molecule has 3 unspecified atom stereocenters. The van der Waals surface area contributed by atoms with Gasteiger partial charge in [0.2, 0.25) is 11.9 Å². The second-order valence-corrected chi connectivity index (χ2v) is 9.52. The van der Waals surface area contributed by atoms with Crippen LogP contribution in [-0.2, 0) is 14.6 Å². The van der Waals surface area contributed by atoms with Crippen molar-refractivity contribution in [2.75, 3.05) is 39.0 Å². The molecule has 11 heteroatoms. The molecule has 29 heavy (non-hydrogen) atoms. The number of nitrogens with zero attached hydrogens (tertiary/aromatic N) is 4. The quantitative estimate of drug-likeness (QED) is 0.448. The zero-order chi connectivity index (χ0) is 20.7. The van der Waals surface area contributed by atoms with Crippen LogP contribution in [0.25, 0.3) is 0 Å². The molecule has 3 atom stereocenters. The fraction of sp³-hybridized carbons (Fsp3) is 0.667. The molecular formula is C18H27FN6O3S. The lowest BCUT2D eigenvalue weighted by atomic mass is 10.00. The number of rotatable bonds is 7. The van der Waals surface area contributed by atoms with Gasteiger partial charge in [-0.15, -0.1) is 0 Å². The second-order valence-electron chi connectivity index (χ2n) is 7.19. The van der Waals surface area contributed by atoms with Crippen molar-refractivity contribution in [3.05, 3.63) is 11.6 Å². The van der Waals surface area contributed by atoms with Gasteiger partial charge < -0.3 is 15.4 Å². The van der Waals surface area contributed by atoms with Crippen LogP contribution in [0.5, 0.6) is 0 Å². The average Bonchev–Trinajstić information content (AvgIpc) is 2.71. The number of hydrogen-bond acceptors (Lipinski definition) is 9. The van der Waals surface area contributed by atoms with Crippen molar-refractivity contribution in [2.45, 2.75) is 36.8 Å². The molecule has 2 heterocycles. The van der Waals surface area contributed by atoms with Crippen molar-refractivity contribution in [3.63, 3.8) is 0 Å². The highest BCUT2D eigenvalue weighted by atomic mass is 32.2. The Morgan fingerprint density at radius 2 is 1.83 bits per heavy atom. The molecule has 0 saturated heterocycles. The molecule has 0 saturated carbocycles. The third-order valence-electron chi connectivity index (χ3n) is 4.79. The highest BCUT2D eigenvalue weighted by molar-refractivity contribution is 7.91. The van der Waals surface area contributed by atoms with Gasteiger partial charge in [0, 0.05) is 31.8 Å². The number of nitrogens with one attached hydrogen (secondary N) is 2. The van der Waals surface area contributed by atoms with Crippen LogP contribution in [0.15, 0.2) is 31.6 Å². The summed E-state index contributed by atoms with van der Waals surface area (Å²) in [6.07, 6.45) is 6.91. The smallest absolute Gasteiger partial charge is 0.217 e. The average molecular weight is 427 g/mol. The molecule has 2 N–H and O–H groups in total. The number of guanidine groups is 2. The summed E-state index contributed by atoms with van der Waals surface area (Å²) in [6, 6.07) is 0. The number of sulfone groups is 1. The number of ether oxygens (including phenoxy) is 1. The fourth-order valence-electron chi connectivity index (χ4n) is 3.08. The maximum atomic E-state index is 12.9. The summed E-state index contributed by atoms with van der Waals surface area (Å²) in [5.41, 5.74) is 1.13. The van der Waals surface area contributed by atoms with Crippen LogP contribution in [0.2, 0.25) is 0 Å². The van der Waals surface area contributed by atoms with E-state index in [2.05, 4.69) is 30.6 Å². The first kappa shape index (κ1) is 21.6. The highest BCUT2D eigenvalue weighted by Crippen LogP contribution is 2.23. The first-order chi connectivity index (χ1) is 13.9. The minimum absolute atomic E-state index is 0.104. The lowest BCUT2D eigenvalue weighted by Gasteiger charge is -2.22. The van der Waals surface area contributed by atoms with Crippen LogP contribution in [0.3, 0.4) is 0 Å². The Balaban J connectivity index is 1.30. The molecule has 0 aromatic carbocycles. The molecule has 9 nitrogen and oxygen atoms in total. The van der Waals surface area contributed by atoms with Crippen molar-refractivity contribution in [2.24, 2.45) is 20.0 Å². The largest absolute Gasteiger partial charge is 0.366 e. The molecule has 0 spiro atoms. The molecule has 3 aliphatic rings. The first-order valence-corrected chi connectivity index (χ1v) is 11.6. The van der Waals surface area contributed by atoms with E-state index in [0.717, 1.165) is 12.0 Å². The Morgan fingerprint density at radius 1 is 1.14 bits per heavy atom. The van der Waals surface area contributed by atoms with Gasteiger partial charge in [-0.25, -0.2) is 32.8 Å². The Kier molecular flexibility index (Phi) is 7.48. The topological polar surface area (TPSA) is 117 Å². The van der Waals surface area contributed by atoms with E-state index in [0.29, 0.717) is 51.0 Å². The number of alkyl halides is 1. The molecule has 2 aliphatic heterocycles. The second kappa shape index (κ2) is 10.1. The molecule has 0 fully saturated rings. The summed E-state index contributed by atoms with van der Waals surface area (Å²) >= 11 is 0. The third kappa shape index (κ3) is 7.00. The lowest BCUT2D eigenvalue weighted by Crippen LogP contribution is -2.37. The summed E-state index contributed by atoms with van der Waals surface area (Å²) in [6.45, 7) is 2.19. The van der Waals surface area contributed by atoms with Gasteiger partial charge in [0.1, 0.15) is 6.10 Å². The van der Waals surface area contributed by atoms with E-state index in [1.54, 1.807) is 6.21 Å². The van der Waals surface area contributed by atoms with Gasteiger partial charge in [0.25, 0.3) is 0 Å². The molecule has 0 radical (unpaired) electrons. The summed E-state index contributed by atoms with van der Waals surface area (Å²) in [5, 5.41) is 5.84. The number of allylic oxidation sites excluding steroid dienone is 1. The monoisotopic (exact) mass is 426 g/mol.